The predicted octanol–water partition coefficient (Wildman–Crippen LogP) is 2.47. The summed E-state index contributed by atoms with van der Waals surface area (Å²) in [6.07, 6.45) is 6.55. The normalized spacial score (nSPS) is 16.5. The van der Waals surface area contributed by atoms with Gasteiger partial charge in [-0.05, 0) is 30.4 Å². The summed E-state index contributed by atoms with van der Waals surface area (Å²) in [5.74, 6) is 0.299. The Morgan fingerprint density at radius 3 is 2.96 bits per heavy atom. The van der Waals surface area contributed by atoms with Crippen LogP contribution in [0.5, 0.6) is 0 Å². The van der Waals surface area contributed by atoms with Gasteiger partial charge in [0.2, 0.25) is 5.95 Å². The number of carbonyl (C=O) groups excluding carboxylic acids is 1. The summed E-state index contributed by atoms with van der Waals surface area (Å²) in [6.45, 7) is 2.16. The Morgan fingerprint density at radius 2 is 2.17 bits per heavy atom. The lowest BCUT2D eigenvalue weighted by molar-refractivity contribution is 0.102. The Balaban J connectivity index is 1.76. The first-order valence-electron chi connectivity index (χ1n) is 7.28. The highest BCUT2D eigenvalue weighted by Crippen LogP contribution is 2.34. The molecule has 23 heavy (non-hydrogen) atoms. The van der Waals surface area contributed by atoms with Gasteiger partial charge in [-0.15, -0.1) is 10.2 Å². The van der Waals surface area contributed by atoms with Gasteiger partial charge in [0.15, 0.2) is 5.65 Å². The van der Waals surface area contributed by atoms with Gasteiger partial charge in [-0.2, -0.15) is 0 Å². The molecule has 3 heterocycles. The molecule has 1 N–H and O–H groups in total. The number of halogens is 1. The molecule has 1 atom stereocenters. The summed E-state index contributed by atoms with van der Waals surface area (Å²) in [6, 6.07) is 1.91. The lowest BCUT2D eigenvalue weighted by atomic mass is 10.0. The Hall–Kier alpha value is -2.54. The third kappa shape index (κ3) is 2.33. The minimum atomic E-state index is -0.313. The average Bonchev–Trinajstić information content (AvgIpc) is 3.15. The molecule has 0 radical (unpaired) electrons. The van der Waals surface area contributed by atoms with Crippen LogP contribution in [-0.2, 0) is 6.42 Å². The van der Waals surface area contributed by atoms with Crippen LogP contribution in [-0.4, -0.2) is 30.5 Å². The highest BCUT2D eigenvalue weighted by molar-refractivity contribution is 6.30. The van der Waals surface area contributed by atoms with E-state index >= 15 is 0 Å². The molecule has 3 aromatic rings. The fraction of sp³-hybridized carbons (Fsp3) is 0.267. The molecule has 1 aliphatic rings. The lowest BCUT2D eigenvalue weighted by Gasteiger charge is -2.10. The Labute approximate surface area is 136 Å². The van der Waals surface area contributed by atoms with Gasteiger partial charge < -0.3 is 0 Å². The van der Waals surface area contributed by atoms with Crippen LogP contribution in [0.3, 0.4) is 0 Å². The molecule has 8 heteroatoms. The van der Waals surface area contributed by atoms with E-state index in [1.54, 1.807) is 6.33 Å². The number of fused-ring (bicyclic) bond motifs is 3. The number of anilines is 1. The first-order chi connectivity index (χ1) is 11.1. The van der Waals surface area contributed by atoms with Crippen LogP contribution in [0.15, 0.2) is 24.8 Å². The Kier molecular flexibility index (Phi) is 3.23. The van der Waals surface area contributed by atoms with E-state index in [4.69, 9.17) is 11.6 Å². The highest BCUT2D eigenvalue weighted by Gasteiger charge is 2.25. The SMILES string of the molecule is CC1CCc2c1cc(C(=O)Nc1ncc(Cl)cn1)c1nncn21. The maximum atomic E-state index is 12.6. The number of pyridine rings is 1. The van der Waals surface area contributed by atoms with Crippen LogP contribution in [0.1, 0.15) is 40.9 Å². The van der Waals surface area contributed by atoms with E-state index in [1.165, 1.54) is 23.7 Å². The van der Waals surface area contributed by atoms with E-state index in [0.717, 1.165) is 12.8 Å². The summed E-state index contributed by atoms with van der Waals surface area (Å²) in [7, 11) is 0. The van der Waals surface area contributed by atoms with Crippen LogP contribution < -0.4 is 5.32 Å². The summed E-state index contributed by atoms with van der Waals surface area (Å²) in [4.78, 5) is 20.6. The van der Waals surface area contributed by atoms with E-state index in [-0.39, 0.29) is 11.9 Å². The molecule has 0 bridgehead atoms. The van der Waals surface area contributed by atoms with Gasteiger partial charge in [-0.3, -0.25) is 14.5 Å². The standard InChI is InChI=1S/C15H13ClN6O/c1-8-2-3-12-10(8)4-11(13-21-19-7-22(12)13)14(23)20-15-17-5-9(16)6-18-15/h4-8H,2-3H2,1H3,(H,17,18,20,23). The lowest BCUT2D eigenvalue weighted by Crippen LogP contribution is -2.16. The van der Waals surface area contributed by atoms with Gasteiger partial charge in [0.25, 0.3) is 5.91 Å². The minimum absolute atomic E-state index is 0.200. The van der Waals surface area contributed by atoms with E-state index in [9.17, 15) is 4.79 Å². The number of nitrogens with zero attached hydrogens (tertiary/aromatic N) is 5. The highest BCUT2D eigenvalue weighted by atomic mass is 35.5. The molecule has 4 rings (SSSR count). The van der Waals surface area contributed by atoms with Crippen molar-refractivity contribution in [3.05, 3.63) is 46.6 Å². The zero-order chi connectivity index (χ0) is 16.0. The molecule has 0 fully saturated rings. The molecule has 3 aromatic heterocycles. The topological polar surface area (TPSA) is 85.1 Å². The van der Waals surface area contributed by atoms with E-state index in [0.29, 0.717) is 22.2 Å². The number of amides is 1. The summed E-state index contributed by atoms with van der Waals surface area (Å²) in [5, 5.41) is 11.1. The van der Waals surface area contributed by atoms with Crippen molar-refractivity contribution in [2.24, 2.45) is 0 Å². The van der Waals surface area contributed by atoms with Crippen LogP contribution >= 0.6 is 11.6 Å². The van der Waals surface area contributed by atoms with Gasteiger partial charge in [0, 0.05) is 5.69 Å². The zero-order valence-electron chi connectivity index (χ0n) is 12.3. The second kappa shape index (κ2) is 5.27. The van der Waals surface area contributed by atoms with Crippen LogP contribution in [0, 0.1) is 0 Å². The van der Waals surface area contributed by atoms with Crippen molar-refractivity contribution in [1.29, 1.82) is 0 Å². The van der Waals surface area contributed by atoms with Crippen molar-refractivity contribution in [2.75, 3.05) is 5.32 Å². The molecule has 116 valence electrons. The Morgan fingerprint density at radius 1 is 1.39 bits per heavy atom. The van der Waals surface area contributed by atoms with Crippen molar-refractivity contribution in [1.82, 2.24) is 24.6 Å². The average molecular weight is 329 g/mol. The van der Waals surface area contributed by atoms with Crippen LogP contribution in [0.4, 0.5) is 5.95 Å². The number of nitrogens with one attached hydrogen (secondary N) is 1. The molecule has 1 amide bonds. The monoisotopic (exact) mass is 328 g/mol. The van der Waals surface area contributed by atoms with Crippen LogP contribution in [0.2, 0.25) is 5.02 Å². The molecule has 7 nitrogen and oxygen atoms in total. The molecule has 1 unspecified atom stereocenters. The second-order valence-corrected chi connectivity index (χ2v) is 6.04. The molecule has 0 aromatic carbocycles. The van der Waals surface area contributed by atoms with Crippen molar-refractivity contribution in [3.8, 4) is 0 Å². The van der Waals surface area contributed by atoms with Crippen molar-refractivity contribution in [3.63, 3.8) is 0 Å². The van der Waals surface area contributed by atoms with Gasteiger partial charge in [0.1, 0.15) is 6.33 Å². The smallest absolute Gasteiger partial charge is 0.261 e. The number of rotatable bonds is 2. The maximum absolute atomic E-state index is 12.6. The largest absolute Gasteiger partial charge is 0.290 e. The summed E-state index contributed by atoms with van der Waals surface area (Å²) in [5.41, 5.74) is 3.36. The maximum Gasteiger partial charge on any atom is 0.261 e. The van der Waals surface area contributed by atoms with Crippen molar-refractivity contribution < 1.29 is 4.79 Å². The van der Waals surface area contributed by atoms with Gasteiger partial charge >= 0.3 is 0 Å². The Bertz CT molecular complexity index is 904. The molecule has 1 aliphatic carbocycles. The predicted molar refractivity (Wildman–Crippen MR) is 84.7 cm³/mol. The molecule has 0 aliphatic heterocycles. The number of hydrogen-bond acceptors (Lipinski definition) is 5. The molecule has 0 saturated carbocycles. The van der Waals surface area contributed by atoms with Gasteiger partial charge in [0.05, 0.1) is 23.0 Å². The van der Waals surface area contributed by atoms with E-state index < -0.39 is 0 Å². The fourth-order valence-corrected chi connectivity index (χ4v) is 3.07. The van der Waals surface area contributed by atoms with Gasteiger partial charge in [-0.25, -0.2) is 9.97 Å². The fourth-order valence-electron chi connectivity index (χ4n) is 2.97. The second-order valence-electron chi connectivity index (χ2n) is 5.60. The van der Waals surface area contributed by atoms with E-state index in [1.807, 2.05) is 10.5 Å². The third-order valence-corrected chi connectivity index (χ3v) is 4.34. The number of carbonyl (C=O) groups is 1. The van der Waals surface area contributed by atoms with Crippen molar-refractivity contribution >= 4 is 29.1 Å². The first kappa shape index (κ1) is 14.1. The quantitative estimate of drug-likeness (QED) is 0.781. The van der Waals surface area contributed by atoms with Crippen LogP contribution in [0.25, 0.3) is 5.65 Å². The minimum Gasteiger partial charge on any atom is -0.290 e. The summed E-state index contributed by atoms with van der Waals surface area (Å²) >= 11 is 5.75. The van der Waals surface area contributed by atoms with Crippen molar-refractivity contribution in [2.45, 2.75) is 25.7 Å². The molecule has 0 saturated heterocycles. The zero-order valence-corrected chi connectivity index (χ0v) is 13.1. The number of aromatic nitrogens is 5. The molecular weight excluding hydrogens is 316 g/mol. The van der Waals surface area contributed by atoms with Gasteiger partial charge in [-0.1, -0.05) is 18.5 Å². The molecular formula is C15H13ClN6O. The summed E-state index contributed by atoms with van der Waals surface area (Å²) < 4.78 is 1.90. The molecule has 0 spiro atoms. The first-order valence-corrected chi connectivity index (χ1v) is 7.65. The number of hydrogen-bond donors (Lipinski definition) is 1. The number of aryl methyl sites for hydroxylation is 1. The van der Waals surface area contributed by atoms with E-state index in [2.05, 4.69) is 32.4 Å². The third-order valence-electron chi connectivity index (χ3n) is 4.15.